The second-order valence-electron chi connectivity index (χ2n) is 5.78. The molecule has 0 fully saturated rings. The van der Waals surface area contributed by atoms with Gasteiger partial charge in [0.25, 0.3) is 5.91 Å². The smallest absolute Gasteiger partial charge is 0.271 e. The highest BCUT2D eigenvalue weighted by Gasteiger charge is 2.09. The number of carbonyl (C=O) groups is 2. The number of carbonyl (C=O) groups excluding carboxylic acids is 2. The number of hydrogen-bond acceptors (Lipinski definition) is 3. The number of hydrogen-bond donors (Lipinski definition) is 3. The summed E-state index contributed by atoms with van der Waals surface area (Å²) in [6.45, 7) is 0. The lowest BCUT2D eigenvalue weighted by Gasteiger charge is -2.10. The van der Waals surface area contributed by atoms with Gasteiger partial charge in [0.05, 0.1) is 10.6 Å². The number of rotatable bonds is 3. The molecule has 0 aromatic heterocycles. The fourth-order valence-electron chi connectivity index (χ4n) is 2.57. The van der Waals surface area contributed by atoms with E-state index >= 15 is 0 Å². The van der Waals surface area contributed by atoms with Crippen LogP contribution in [0.25, 0.3) is 16.8 Å². The van der Waals surface area contributed by atoms with Gasteiger partial charge in [0, 0.05) is 6.08 Å². The van der Waals surface area contributed by atoms with Gasteiger partial charge in [0.15, 0.2) is 5.11 Å². The molecule has 5 nitrogen and oxygen atoms in total. The van der Waals surface area contributed by atoms with Crippen LogP contribution in [0.15, 0.2) is 72.8 Å². The zero-order valence-corrected chi connectivity index (χ0v) is 16.2. The number of nitrogens with one attached hydrogen (secondary N) is 3. The lowest BCUT2D eigenvalue weighted by molar-refractivity contribution is -0.115. The second kappa shape index (κ2) is 9.12. The average Bonchev–Trinajstić information content (AvgIpc) is 2.70. The third-order valence-electron chi connectivity index (χ3n) is 3.88. The largest absolute Gasteiger partial charge is 0.298 e. The molecule has 0 aliphatic carbocycles. The number of benzene rings is 3. The average molecular weight is 410 g/mol. The lowest BCUT2D eigenvalue weighted by Crippen LogP contribution is -2.48. The van der Waals surface area contributed by atoms with Gasteiger partial charge < -0.3 is 0 Å². The predicted molar refractivity (Wildman–Crippen MR) is 116 cm³/mol. The molecule has 3 N–H and O–H groups in total. The molecule has 0 saturated carbocycles. The molecule has 3 aromatic carbocycles. The Bertz CT molecular complexity index is 1080. The second-order valence-corrected chi connectivity index (χ2v) is 6.59. The van der Waals surface area contributed by atoms with Crippen LogP contribution in [0, 0.1) is 0 Å². The molecule has 2 amide bonds. The Morgan fingerprint density at radius 3 is 2.43 bits per heavy atom. The first-order valence-corrected chi connectivity index (χ1v) is 9.15. The highest BCUT2D eigenvalue weighted by Crippen LogP contribution is 2.19. The van der Waals surface area contributed by atoms with Gasteiger partial charge in [-0.2, -0.15) is 0 Å². The Kier molecular flexibility index (Phi) is 6.37. The van der Waals surface area contributed by atoms with Crippen LogP contribution in [0.4, 0.5) is 0 Å². The van der Waals surface area contributed by atoms with E-state index in [-0.39, 0.29) is 5.11 Å². The number of thiocarbonyl (C=S) groups is 1. The maximum absolute atomic E-state index is 12.1. The minimum atomic E-state index is -0.464. The molecule has 0 aliphatic heterocycles. The van der Waals surface area contributed by atoms with E-state index in [1.54, 1.807) is 30.3 Å². The monoisotopic (exact) mass is 409 g/mol. The molecule has 140 valence electrons. The molecule has 0 bridgehead atoms. The van der Waals surface area contributed by atoms with Crippen molar-refractivity contribution in [1.29, 1.82) is 0 Å². The van der Waals surface area contributed by atoms with Crippen molar-refractivity contribution >= 4 is 57.6 Å². The van der Waals surface area contributed by atoms with Gasteiger partial charge in [-0.25, -0.2) is 0 Å². The van der Waals surface area contributed by atoms with Crippen molar-refractivity contribution in [3.05, 3.63) is 89.0 Å². The van der Waals surface area contributed by atoms with Crippen molar-refractivity contribution in [3.63, 3.8) is 0 Å². The summed E-state index contributed by atoms with van der Waals surface area (Å²) >= 11 is 11.0. The lowest BCUT2D eigenvalue weighted by atomic mass is 10.0. The predicted octanol–water partition coefficient (Wildman–Crippen LogP) is 3.84. The van der Waals surface area contributed by atoms with E-state index in [0.717, 1.165) is 16.3 Å². The summed E-state index contributed by atoms with van der Waals surface area (Å²) in [5.41, 5.74) is 6.07. The van der Waals surface area contributed by atoms with E-state index in [2.05, 4.69) is 16.2 Å². The van der Waals surface area contributed by atoms with Crippen LogP contribution in [0.1, 0.15) is 15.9 Å². The van der Waals surface area contributed by atoms with Gasteiger partial charge in [-0.05, 0) is 46.8 Å². The molecule has 0 heterocycles. The fourth-order valence-corrected chi connectivity index (χ4v) is 2.95. The molecule has 0 unspecified atom stereocenters. The first-order valence-electron chi connectivity index (χ1n) is 8.36. The zero-order chi connectivity index (χ0) is 19.9. The Morgan fingerprint density at radius 2 is 1.61 bits per heavy atom. The summed E-state index contributed by atoms with van der Waals surface area (Å²) in [5, 5.41) is 4.88. The van der Waals surface area contributed by atoms with Crippen molar-refractivity contribution < 1.29 is 9.59 Å². The van der Waals surface area contributed by atoms with E-state index in [4.69, 9.17) is 23.8 Å². The number of fused-ring (bicyclic) bond motifs is 1. The highest BCUT2D eigenvalue weighted by atomic mass is 35.5. The van der Waals surface area contributed by atoms with Crippen molar-refractivity contribution in [1.82, 2.24) is 16.2 Å². The number of hydrazine groups is 1. The Balaban J connectivity index is 1.56. The van der Waals surface area contributed by atoms with Crippen molar-refractivity contribution in [2.24, 2.45) is 0 Å². The third-order valence-corrected chi connectivity index (χ3v) is 4.42. The van der Waals surface area contributed by atoms with Gasteiger partial charge in [-0.1, -0.05) is 66.2 Å². The Labute approximate surface area is 172 Å². The van der Waals surface area contributed by atoms with Crippen LogP contribution >= 0.6 is 23.8 Å². The highest BCUT2D eigenvalue weighted by molar-refractivity contribution is 7.80. The maximum atomic E-state index is 12.1. The van der Waals surface area contributed by atoms with Gasteiger partial charge in [-0.15, -0.1) is 0 Å². The molecule has 0 radical (unpaired) electrons. The Hall–Kier alpha value is -3.22. The third kappa shape index (κ3) is 4.94. The van der Waals surface area contributed by atoms with E-state index in [9.17, 15) is 9.59 Å². The minimum absolute atomic E-state index is 0.0343. The van der Waals surface area contributed by atoms with Crippen LogP contribution < -0.4 is 16.2 Å². The zero-order valence-electron chi connectivity index (χ0n) is 14.6. The van der Waals surface area contributed by atoms with Crippen molar-refractivity contribution in [2.45, 2.75) is 0 Å². The number of halogens is 1. The van der Waals surface area contributed by atoms with E-state index in [1.807, 2.05) is 42.5 Å². The number of amides is 2. The van der Waals surface area contributed by atoms with E-state index in [0.29, 0.717) is 10.6 Å². The van der Waals surface area contributed by atoms with E-state index in [1.165, 1.54) is 6.08 Å². The van der Waals surface area contributed by atoms with Crippen LogP contribution in [0.2, 0.25) is 5.02 Å². The summed E-state index contributed by atoms with van der Waals surface area (Å²) in [6, 6.07) is 20.4. The van der Waals surface area contributed by atoms with Gasteiger partial charge in [0.2, 0.25) is 5.91 Å². The molecular weight excluding hydrogens is 394 g/mol. The summed E-state index contributed by atoms with van der Waals surface area (Å²) in [6.07, 6.45) is 3.09. The Morgan fingerprint density at radius 1 is 0.893 bits per heavy atom. The van der Waals surface area contributed by atoms with Gasteiger partial charge in [0.1, 0.15) is 0 Å². The normalized spacial score (nSPS) is 10.6. The molecule has 3 rings (SSSR count). The van der Waals surface area contributed by atoms with Crippen LogP contribution in [0.3, 0.4) is 0 Å². The molecule has 7 heteroatoms. The fraction of sp³-hybridized carbons (Fsp3) is 0. The SMILES string of the molecule is O=C(C=Cc1cccc2ccccc12)NC(=S)NNC(=O)c1ccccc1Cl. The molecule has 3 aromatic rings. The molecule has 0 saturated heterocycles. The quantitative estimate of drug-likeness (QED) is 0.349. The van der Waals surface area contributed by atoms with Crippen LogP contribution in [0.5, 0.6) is 0 Å². The maximum Gasteiger partial charge on any atom is 0.271 e. The minimum Gasteiger partial charge on any atom is -0.298 e. The van der Waals surface area contributed by atoms with Gasteiger partial charge >= 0.3 is 0 Å². The molecule has 0 atom stereocenters. The first kappa shape index (κ1) is 19.5. The summed E-state index contributed by atoms with van der Waals surface area (Å²) in [7, 11) is 0. The standard InChI is InChI=1S/C21H16ClN3O2S/c22-18-11-4-3-10-17(18)20(27)24-25-21(28)23-19(26)13-12-15-8-5-7-14-6-1-2-9-16(14)15/h1-13H,(H,24,27)(H2,23,25,26,28). The molecular formula is C21H16ClN3O2S. The molecule has 0 spiro atoms. The topological polar surface area (TPSA) is 70.2 Å². The van der Waals surface area contributed by atoms with E-state index < -0.39 is 11.8 Å². The van der Waals surface area contributed by atoms with Gasteiger partial charge in [-0.3, -0.25) is 25.8 Å². The summed E-state index contributed by atoms with van der Waals surface area (Å²) in [4.78, 5) is 24.1. The molecule has 0 aliphatic rings. The summed E-state index contributed by atoms with van der Waals surface area (Å²) < 4.78 is 0. The van der Waals surface area contributed by atoms with Crippen LogP contribution in [-0.4, -0.2) is 16.9 Å². The molecule has 28 heavy (non-hydrogen) atoms. The van der Waals surface area contributed by atoms with Crippen molar-refractivity contribution in [2.75, 3.05) is 0 Å². The van der Waals surface area contributed by atoms with Crippen LogP contribution in [-0.2, 0) is 4.79 Å². The van der Waals surface area contributed by atoms with Crippen molar-refractivity contribution in [3.8, 4) is 0 Å². The first-order chi connectivity index (χ1) is 13.5. The summed E-state index contributed by atoms with van der Waals surface area (Å²) in [5.74, 6) is -0.883.